The van der Waals surface area contributed by atoms with Crippen molar-refractivity contribution in [1.82, 2.24) is 4.98 Å². The van der Waals surface area contributed by atoms with Gasteiger partial charge in [0.15, 0.2) is 5.13 Å². The van der Waals surface area contributed by atoms with Crippen molar-refractivity contribution < 1.29 is 14.7 Å². The highest BCUT2D eigenvalue weighted by Gasteiger charge is 2.05. The number of amides is 1. The topological polar surface area (TPSA) is 94.2 Å². The van der Waals surface area contributed by atoms with Gasteiger partial charge in [-0.05, 0) is 25.0 Å². The zero-order chi connectivity index (χ0) is 15.9. The van der Waals surface area contributed by atoms with E-state index in [9.17, 15) is 14.7 Å². The molecule has 22 heavy (non-hydrogen) atoms. The van der Waals surface area contributed by atoms with Gasteiger partial charge in [0, 0.05) is 36.1 Å². The number of benzene rings is 1. The Morgan fingerprint density at radius 2 is 2.00 bits per heavy atom. The predicted octanol–water partition coefficient (Wildman–Crippen LogP) is 1.71. The number of carboxylic acid groups (broad SMARTS) is 1. The number of carbonyl (C=O) groups excluding carboxylic acids is 2. The van der Waals surface area contributed by atoms with Gasteiger partial charge >= 0.3 is 0 Å². The number of rotatable bonds is 7. The second kappa shape index (κ2) is 7.56. The summed E-state index contributed by atoms with van der Waals surface area (Å²) in [7, 11) is 0. The van der Waals surface area contributed by atoms with Gasteiger partial charge in [-0.25, -0.2) is 4.98 Å². The van der Waals surface area contributed by atoms with Gasteiger partial charge in [0.25, 0.3) is 0 Å². The summed E-state index contributed by atoms with van der Waals surface area (Å²) in [4.78, 5) is 25.7. The summed E-state index contributed by atoms with van der Waals surface area (Å²) >= 11 is 1.46. The van der Waals surface area contributed by atoms with Crippen LogP contribution in [-0.2, 0) is 9.59 Å². The van der Waals surface area contributed by atoms with Gasteiger partial charge in [-0.2, -0.15) is 0 Å². The molecule has 1 amide bonds. The minimum Gasteiger partial charge on any atom is -0.550 e. The van der Waals surface area contributed by atoms with Crippen molar-refractivity contribution in [3.8, 4) is 11.3 Å². The Labute approximate surface area is 132 Å². The number of carbonyl (C=O) groups is 2. The summed E-state index contributed by atoms with van der Waals surface area (Å²) in [6.45, 7) is 2.01. The van der Waals surface area contributed by atoms with E-state index in [1.807, 2.05) is 29.6 Å². The molecule has 0 fully saturated rings. The van der Waals surface area contributed by atoms with Crippen molar-refractivity contribution in [1.29, 1.82) is 0 Å². The summed E-state index contributed by atoms with van der Waals surface area (Å²) in [6.07, 6.45) is 0.540. The van der Waals surface area contributed by atoms with Gasteiger partial charge in [-0.1, -0.05) is 12.1 Å². The molecule has 0 atom stereocenters. The average molecular weight is 318 g/mol. The lowest BCUT2D eigenvalue weighted by molar-refractivity contribution is -0.305. The first-order valence-electron chi connectivity index (χ1n) is 6.82. The molecule has 116 valence electrons. The van der Waals surface area contributed by atoms with Crippen LogP contribution in [0.5, 0.6) is 0 Å². The van der Waals surface area contributed by atoms with E-state index < -0.39 is 5.97 Å². The highest BCUT2D eigenvalue weighted by atomic mass is 32.1. The SMILES string of the molecule is CC(=O)Nc1ccc(-c2csc(NCCCC(=O)[O-])n2)cc1. The molecule has 0 bridgehead atoms. The molecule has 0 unspecified atom stereocenters. The lowest BCUT2D eigenvalue weighted by Gasteiger charge is -2.04. The standard InChI is InChI=1S/C15H17N3O3S/c1-10(19)17-12-6-4-11(5-7-12)13-9-22-15(18-13)16-8-2-3-14(20)21/h4-7,9H,2-3,8H2,1H3,(H,16,18)(H,17,19)(H,20,21)/p-1. The van der Waals surface area contributed by atoms with Gasteiger partial charge < -0.3 is 20.5 Å². The molecule has 0 radical (unpaired) electrons. The first kappa shape index (κ1) is 16.0. The molecule has 0 saturated heterocycles. The fourth-order valence-corrected chi connectivity index (χ4v) is 2.59. The number of anilines is 2. The molecule has 1 aromatic carbocycles. The van der Waals surface area contributed by atoms with Gasteiger partial charge in [-0.3, -0.25) is 4.79 Å². The average Bonchev–Trinajstić information content (AvgIpc) is 2.92. The van der Waals surface area contributed by atoms with Gasteiger partial charge in [0.1, 0.15) is 0 Å². The van der Waals surface area contributed by atoms with E-state index in [2.05, 4.69) is 15.6 Å². The Bertz CT molecular complexity index is 652. The molecule has 0 aliphatic heterocycles. The Kier molecular flexibility index (Phi) is 5.48. The van der Waals surface area contributed by atoms with Gasteiger partial charge in [0.05, 0.1) is 5.69 Å². The Hall–Kier alpha value is -2.41. The molecule has 0 aliphatic rings. The zero-order valence-corrected chi connectivity index (χ0v) is 12.9. The minimum absolute atomic E-state index is 0.0375. The number of nitrogens with one attached hydrogen (secondary N) is 2. The second-order valence-corrected chi connectivity index (χ2v) is 5.56. The first-order valence-corrected chi connectivity index (χ1v) is 7.70. The largest absolute Gasteiger partial charge is 0.550 e. The predicted molar refractivity (Wildman–Crippen MR) is 84.6 cm³/mol. The lowest BCUT2D eigenvalue weighted by atomic mass is 10.1. The molecule has 2 rings (SSSR count). The monoisotopic (exact) mass is 318 g/mol. The molecule has 1 heterocycles. The minimum atomic E-state index is -1.04. The normalized spacial score (nSPS) is 10.2. The number of nitrogens with zero attached hydrogens (tertiary/aromatic N) is 1. The van der Waals surface area contributed by atoms with Gasteiger partial charge in [0.2, 0.25) is 5.91 Å². The summed E-state index contributed by atoms with van der Waals surface area (Å²) in [5.74, 6) is -1.15. The van der Waals surface area contributed by atoms with Crippen molar-refractivity contribution in [3.05, 3.63) is 29.6 Å². The number of aliphatic carboxylic acids is 1. The van der Waals surface area contributed by atoms with Crippen molar-refractivity contribution in [3.63, 3.8) is 0 Å². The Morgan fingerprint density at radius 3 is 2.64 bits per heavy atom. The summed E-state index contributed by atoms with van der Waals surface area (Å²) < 4.78 is 0. The van der Waals surface area contributed by atoms with E-state index in [0.29, 0.717) is 13.0 Å². The number of hydrogen-bond donors (Lipinski definition) is 2. The van der Waals surface area contributed by atoms with E-state index in [1.54, 1.807) is 0 Å². The lowest BCUT2D eigenvalue weighted by Crippen LogP contribution is -2.22. The quantitative estimate of drug-likeness (QED) is 0.758. The third-order valence-electron chi connectivity index (χ3n) is 2.84. The molecule has 2 aromatic rings. The Balaban J connectivity index is 1.93. The van der Waals surface area contributed by atoms with Crippen LogP contribution in [-0.4, -0.2) is 23.4 Å². The van der Waals surface area contributed by atoms with Crippen LogP contribution in [0.4, 0.5) is 10.8 Å². The summed E-state index contributed by atoms with van der Waals surface area (Å²) in [6, 6.07) is 7.42. The van der Waals surface area contributed by atoms with Crippen LogP contribution in [0.3, 0.4) is 0 Å². The third-order valence-corrected chi connectivity index (χ3v) is 3.64. The van der Waals surface area contributed by atoms with Crippen molar-refractivity contribution >= 4 is 34.0 Å². The van der Waals surface area contributed by atoms with E-state index in [4.69, 9.17) is 0 Å². The second-order valence-electron chi connectivity index (χ2n) is 4.70. The van der Waals surface area contributed by atoms with Gasteiger partial charge in [-0.15, -0.1) is 11.3 Å². The van der Waals surface area contributed by atoms with Crippen LogP contribution in [0.1, 0.15) is 19.8 Å². The van der Waals surface area contributed by atoms with Crippen molar-refractivity contribution in [2.75, 3.05) is 17.2 Å². The van der Waals surface area contributed by atoms with E-state index in [1.165, 1.54) is 18.3 Å². The number of carboxylic acids is 1. The molecule has 0 aliphatic carbocycles. The van der Waals surface area contributed by atoms with E-state index in [-0.39, 0.29) is 12.3 Å². The highest BCUT2D eigenvalue weighted by Crippen LogP contribution is 2.26. The number of aromatic nitrogens is 1. The molecular formula is C15H16N3O3S-. The zero-order valence-electron chi connectivity index (χ0n) is 12.1. The van der Waals surface area contributed by atoms with Crippen molar-refractivity contribution in [2.24, 2.45) is 0 Å². The van der Waals surface area contributed by atoms with Crippen LogP contribution in [0.25, 0.3) is 11.3 Å². The van der Waals surface area contributed by atoms with Crippen LogP contribution in [0, 0.1) is 0 Å². The molecule has 0 saturated carbocycles. The fraction of sp³-hybridized carbons (Fsp3) is 0.267. The molecular weight excluding hydrogens is 302 g/mol. The number of hydrogen-bond acceptors (Lipinski definition) is 6. The van der Waals surface area contributed by atoms with E-state index >= 15 is 0 Å². The van der Waals surface area contributed by atoms with E-state index in [0.717, 1.165) is 22.1 Å². The van der Waals surface area contributed by atoms with Crippen LogP contribution in [0.2, 0.25) is 0 Å². The molecule has 6 nitrogen and oxygen atoms in total. The first-order chi connectivity index (χ1) is 10.5. The molecule has 0 spiro atoms. The highest BCUT2D eigenvalue weighted by molar-refractivity contribution is 7.14. The van der Waals surface area contributed by atoms with Crippen LogP contribution in [0.15, 0.2) is 29.6 Å². The number of thiazole rings is 1. The molecule has 1 aromatic heterocycles. The maximum Gasteiger partial charge on any atom is 0.221 e. The summed E-state index contributed by atoms with van der Waals surface area (Å²) in [5.41, 5.74) is 2.53. The summed E-state index contributed by atoms with van der Waals surface area (Å²) in [5, 5.41) is 18.8. The maximum absolute atomic E-state index is 11.0. The smallest absolute Gasteiger partial charge is 0.221 e. The molecule has 7 heteroatoms. The maximum atomic E-state index is 11.0. The Morgan fingerprint density at radius 1 is 1.27 bits per heavy atom. The van der Waals surface area contributed by atoms with Crippen molar-refractivity contribution in [2.45, 2.75) is 19.8 Å². The van der Waals surface area contributed by atoms with Crippen LogP contribution >= 0.6 is 11.3 Å². The van der Waals surface area contributed by atoms with Crippen LogP contribution < -0.4 is 15.7 Å². The molecule has 2 N–H and O–H groups in total. The third kappa shape index (κ3) is 4.85. The fourth-order valence-electron chi connectivity index (χ4n) is 1.84.